The van der Waals surface area contributed by atoms with Crippen LogP contribution in [0.25, 0.3) is 0 Å². The van der Waals surface area contributed by atoms with Gasteiger partial charge in [0.15, 0.2) is 11.5 Å². The van der Waals surface area contributed by atoms with Gasteiger partial charge in [-0.15, -0.1) is 0 Å². The van der Waals surface area contributed by atoms with Crippen LogP contribution in [0.5, 0.6) is 11.5 Å². The molecule has 1 N–H and O–H groups in total. The molecule has 0 aromatic heterocycles. The minimum absolute atomic E-state index is 0.0733. The lowest BCUT2D eigenvalue weighted by Crippen LogP contribution is -2.49. The maximum atomic E-state index is 13.5. The summed E-state index contributed by atoms with van der Waals surface area (Å²) >= 11 is 0. The minimum Gasteiger partial charge on any atom is -0.493 e. The Morgan fingerprint density at radius 3 is 2.41 bits per heavy atom. The van der Waals surface area contributed by atoms with E-state index in [-0.39, 0.29) is 28.6 Å². The van der Waals surface area contributed by atoms with E-state index in [0.717, 1.165) is 11.3 Å². The fourth-order valence-corrected chi connectivity index (χ4v) is 5.75. The maximum Gasteiger partial charge on any atom is 0.294 e. The summed E-state index contributed by atoms with van der Waals surface area (Å²) < 4.78 is 44.1. The molecule has 0 saturated carbocycles. The van der Waals surface area contributed by atoms with Gasteiger partial charge in [-0.1, -0.05) is 24.3 Å². The van der Waals surface area contributed by atoms with Gasteiger partial charge in [0, 0.05) is 11.5 Å². The number of carbonyl (C=O) groups excluding carboxylic acids is 1. The molecule has 0 fully saturated rings. The Morgan fingerprint density at radius 2 is 1.76 bits per heavy atom. The Labute approximate surface area is 198 Å². The number of benzene rings is 2. The molecule has 8 nitrogen and oxygen atoms in total. The van der Waals surface area contributed by atoms with Crippen molar-refractivity contribution in [3.05, 3.63) is 60.2 Å². The first-order valence-corrected chi connectivity index (χ1v) is 12.6. The van der Waals surface area contributed by atoms with E-state index >= 15 is 0 Å². The lowest BCUT2D eigenvalue weighted by Gasteiger charge is -2.40. The van der Waals surface area contributed by atoms with E-state index in [4.69, 9.17) is 14.6 Å². The Balaban J connectivity index is 1.65. The lowest BCUT2D eigenvalue weighted by molar-refractivity contribution is -0.124. The van der Waals surface area contributed by atoms with Crippen LogP contribution in [-0.2, 0) is 14.9 Å². The molecule has 2 aliphatic heterocycles. The number of ether oxygens (including phenoxy) is 2. The number of amides is 1. The van der Waals surface area contributed by atoms with E-state index in [1.54, 1.807) is 7.11 Å². The number of fused-ring (bicyclic) bond motifs is 2. The van der Waals surface area contributed by atoms with Crippen molar-refractivity contribution in [1.29, 1.82) is 0 Å². The third-order valence-electron chi connectivity index (χ3n) is 6.83. The molecule has 34 heavy (non-hydrogen) atoms. The summed E-state index contributed by atoms with van der Waals surface area (Å²) in [6, 6.07) is 11.3. The van der Waals surface area contributed by atoms with Crippen molar-refractivity contribution in [2.45, 2.75) is 43.1 Å². The number of carbonyl (C=O) groups is 1. The van der Waals surface area contributed by atoms with Crippen LogP contribution < -0.4 is 14.5 Å². The van der Waals surface area contributed by atoms with Crippen molar-refractivity contribution in [3.63, 3.8) is 0 Å². The average Bonchev–Trinajstić information content (AvgIpc) is 3.09. The number of rotatable bonds is 4. The Bertz CT molecular complexity index is 1310. The molecule has 2 aromatic rings. The molecule has 178 valence electrons. The predicted molar refractivity (Wildman–Crippen MR) is 127 cm³/mol. The summed E-state index contributed by atoms with van der Waals surface area (Å²) in [6.45, 7) is 4.02. The highest BCUT2D eigenvalue weighted by Gasteiger charge is 2.51. The molecule has 9 heteroatoms. The van der Waals surface area contributed by atoms with Gasteiger partial charge in [-0.3, -0.25) is 9.35 Å². The molecule has 2 aromatic carbocycles. The molecule has 2 heterocycles. The van der Waals surface area contributed by atoms with E-state index in [0.29, 0.717) is 30.0 Å². The van der Waals surface area contributed by atoms with Gasteiger partial charge in [-0.2, -0.15) is 13.5 Å². The van der Waals surface area contributed by atoms with Gasteiger partial charge in [0.05, 0.1) is 35.2 Å². The van der Waals surface area contributed by atoms with Crippen molar-refractivity contribution >= 4 is 27.4 Å². The normalized spacial score (nSPS) is 25.3. The fraction of sp³-hybridized carbons (Fsp3) is 0.360. The summed E-state index contributed by atoms with van der Waals surface area (Å²) in [6.07, 6.45) is 5.42. The summed E-state index contributed by atoms with van der Waals surface area (Å²) in [7, 11) is -2.73. The molecule has 3 aliphatic rings. The first-order chi connectivity index (χ1) is 16.1. The van der Waals surface area contributed by atoms with Crippen molar-refractivity contribution in [2.24, 2.45) is 16.9 Å². The van der Waals surface area contributed by atoms with E-state index in [9.17, 15) is 17.8 Å². The van der Waals surface area contributed by atoms with Crippen molar-refractivity contribution in [1.82, 2.24) is 0 Å². The number of nitrogens with zero attached hydrogens (tertiary/aromatic N) is 2. The number of hydrogen-bond donors (Lipinski definition) is 1. The number of allylic oxidation sites excluding steroid dienone is 2. The summed E-state index contributed by atoms with van der Waals surface area (Å²) in [5.74, 6) is 0.634. The van der Waals surface area contributed by atoms with Gasteiger partial charge in [-0.05, 0) is 57.0 Å². The van der Waals surface area contributed by atoms with E-state index < -0.39 is 15.7 Å². The van der Waals surface area contributed by atoms with Crippen molar-refractivity contribution in [2.75, 3.05) is 12.1 Å². The first kappa shape index (κ1) is 22.6. The van der Waals surface area contributed by atoms with E-state index in [2.05, 4.69) is 6.08 Å². The topological polar surface area (TPSA) is 106 Å². The van der Waals surface area contributed by atoms with Gasteiger partial charge in [-0.25, -0.2) is 5.01 Å². The minimum atomic E-state index is -4.34. The Hall–Kier alpha value is -3.17. The second-order valence-corrected chi connectivity index (χ2v) is 10.7. The molecule has 1 unspecified atom stereocenters. The van der Waals surface area contributed by atoms with Crippen LogP contribution in [0.3, 0.4) is 0 Å². The smallest absolute Gasteiger partial charge is 0.294 e. The fourth-order valence-electron chi connectivity index (χ4n) is 5.27. The van der Waals surface area contributed by atoms with Gasteiger partial charge in [0.25, 0.3) is 16.0 Å². The average molecular weight is 483 g/mol. The third-order valence-corrected chi connectivity index (χ3v) is 7.70. The van der Waals surface area contributed by atoms with Crippen LogP contribution in [0.15, 0.2) is 64.6 Å². The van der Waals surface area contributed by atoms with Crippen LogP contribution in [0.2, 0.25) is 0 Å². The largest absolute Gasteiger partial charge is 0.493 e. The van der Waals surface area contributed by atoms with Gasteiger partial charge < -0.3 is 9.47 Å². The van der Waals surface area contributed by atoms with Crippen molar-refractivity contribution in [3.8, 4) is 11.5 Å². The predicted octanol–water partition coefficient (Wildman–Crippen LogP) is 4.18. The van der Waals surface area contributed by atoms with E-state index in [1.165, 1.54) is 29.3 Å². The highest BCUT2D eigenvalue weighted by molar-refractivity contribution is 7.85. The maximum absolute atomic E-state index is 13.5. The zero-order valence-corrected chi connectivity index (χ0v) is 20.0. The molecular formula is C25H26N2O6S. The first-order valence-electron chi connectivity index (χ1n) is 11.1. The van der Waals surface area contributed by atoms with Gasteiger partial charge in [0.1, 0.15) is 5.60 Å². The molecule has 0 spiro atoms. The summed E-state index contributed by atoms with van der Waals surface area (Å²) in [5.41, 5.74) is 1.63. The van der Waals surface area contributed by atoms with Crippen LogP contribution in [0.4, 0.5) is 5.69 Å². The molecular weight excluding hydrogens is 456 g/mol. The Morgan fingerprint density at radius 1 is 1.09 bits per heavy atom. The number of anilines is 1. The second kappa shape index (κ2) is 7.95. The van der Waals surface area contributed by atoms with Crippen LogP contribution in [-0.4, -0.2) is 37.3 Å². The zero-order chi connectivity index (χ0) is 24.3. The van der Waals surface area contributed by atoms with Gasteiger partial charge in [0.2, 0.25) is 0 Å². The monoisotopic (exact) mass is 482 g/mol. The number of para-hydroxylation sites is 1. The van der Waals surface area contributed by atoms with Gasteiger partial charge >= 0.3 is 0 Å². The molecule has 3 atom stereocenters. The SMILES string of the molecule is COc1cccc2c1OC(C)(C)C2C1=NN(c2ccc(S(=O)(=O)O)cc2)C(=O)[C@@H]2CC=CC[C@H]12. The zero-order valence-electron chi connectivity index (χ0n) is 19.1. The number of methoxy groups -OCH3 is 1. The summed E-state index contributed by atoms with van der Waals surface area (Å²) in [5, 5.41) is 6.23. The number of hydrazone groups is 1. The lowest BCUT2D eigenvalue weighted by atomic mass is 9.70. The van der Waals surface area contributed by atoms with Crippen LogP contribution in [0.1, 0.15) is 38.2 Å². The molecule has 5 rings (SSSR count). The van der Waals surface area contributed by atoms with E-state index in [1.807, 2.05) is 38.1 Å². The third kappa shape index (κ3) is 3.59. The standard InChI is InChI=1S/C25H26N2O6S/c1-25(2)21(19-9-6-10-20(32-3)23(19)33-25)22-17-7-4-5-8-18(17)24(28)27(26-22)15-11-13-16(14-12-15)34(29,30)31/h4-6,9-14,17-18,21H,7-8H2,1-3H3,(H,29,30,31)/t17-,18+,21?/m0/s1. The quantitative estimate of drug-likeness (QED) is 0.518. The summed E-state index contributed by atoms with van der Waals surface area (Å²) in [4.78, 5) is 13.2. The van der Waals surface area contributed by atoms with Crippen LogP contribution >= 0.6 is 0 Å². The molecule has 1 aliphatic carbocycles. The Kier molecular flexibility index (Phi) is 5.29. The second-order valence-electron chi connectivity index (χ2n) is 9.32. The molecule has 0 radical (unpaired) electrons. The number of hydrogen-bond acceptors (Lipinski definition) is 6. The van der Waals surface area contributed by atoms with Crippen molar-refractivity contribution < 1.29 is 27.2 Å². The highest BCUT2D eigenvalue weighted by Crippen LogP contribution is 2.52. The highest BCUT2D eigenvalue weighted by atomic mass is 32.2. The molecule has 0 bridgehead atoms. The molecule has 1 amide bonds. The molecule has 0 saturated heterocycles. The van der Waals surface area contributed by atoms with Crippen LogP contribution in [0, 0.1) is 11.8 Å².